The molecular formula is C18H21ClN4O2S. The third-order valence-electron chi connectivity index (χ3n) is 4.38. The number of rotatable bonds is 4. The van der Waals surface area contributed by atoms with Gasteiger partial charge >= 0.3 is 6.03 Å². The summed E-state index contributed by atoms with van der Waals surface area (Å²) in [5.41, 5.74) is 2.39. The number of aliphatic imine (C=N–C) groups is 1. The number of halogens is 1. The topological polar surface area (TPSA) is 65.0 Å². The largest absolute Gasteiger partial charge is 0.332 e. The normalized spacial score (nSPS) is 23.1. The lowest BCUT2D eigenvalue weighted by molar-refractivity contribution is -0.126. The number of nitrogens with one attached hydrogen (secondary N) is 1. The van der Waals surface area contributed by atoms with Crippen LogP contribution in [0.3, 0.4) is 0 Å². The zero-order valence-corrected chi connectivity index (χ0v) is 16.5. The lowest BCUT2D eigenvalue weighted by Gasteiger charge is -2.35. The number of fused-ring (bicyclic) bond motifs is 1. The summed E-state index contributed by atoms with van der Waals surface area (Å²) >= 11 is 7.54. The first-order valence-corrected chi connectivity index (χ1v) is 9.66. The van der Waals surface area contributed by atoms with Gasteiger partial charge in [0.1, 0.15) is 0 Å². The number of imide groups is 1. The maximum atomic E-state index is 12.4. The Bertz CT molecular complexity index is 774. The molecule has 1 aromatic rings. The van der Waals surface area contributed by atoms with Crippen LogP contribution in [0.5, 0.6) is 0 Å². The molecule has 2 atom stereocenters. The fraction of sp³-hybridized carbons (Fsp3) is 0.389. The monoisotopic (exact) mass is 392 g/mol. The number of nitrogens with zero attached hydrogens (tertiary/aromatic N) is 3. The number of benzene rings is 1. The molecule has 6 nitrogen and oxygen atoms in total. The van der Waals surface area contributed by atoms with Crippen molar-refractivity contribution < 1.29 is 9.59 Å². The summed E-state index contributed by atoms with van der Waals surface area (Å²) in [6.07, 6.45) is 1.33. The fourth-order valence-corrected chi connectivity index (χ4v) is 3.96. The number of allylic oxidation sites excluding steroid dienone is 1. The number of aryl methyl sites for hydroxylation is 1. The summed E-state index contributed by atoms with van der Waals surface area (Å²) in [6.45, 7) is 4.31. The number of hydrogen-bond acceptors (Lipinski definition) is 5. The van der Waals surface area contributed by atoms with Crippen LogP contribution >= 0.6 is 23.4 Å². The average molecular weight is 393 g/mol. The van der Waals surface area contributed by atoms with Crippen LogP contribution in [0.25, 0.3) is 0 Å². The van der Waals surface area contributed by atoms with Gasteiger partial charge in [0.05, 0.1) is 0 Å². The van der Waals surface area contributed by atoms with Crippen LogP contribution in [-0.4, -0.2) is 52.7 Å². The fourth-order valence-electron chi connectivity index (χ4n) is 2.87. The molecule has 26 heavy (non-hydrogen) atoms. The van der Waals surface area contributed by atoms with Crippen molar-refractivity contribution in [3.05, 3.63) is 46.5 Å². The smallest absolute Gasteiger partial charge is 0.325 e. The minimum atomic E-state index is -0.537. The van der Waals surface area contributed by atoms with Gasteiger partial charge in [0, 0.05) is 24.4 Å². The Labute approximate surface area is 162 Å². The maximum absolute atomic E-state index is 12.4. The number of urea groups is 1. The molecule has 1 saturated heterocycles. The van der Waals surface area contributed by atoms with E-state index in [9.17, 15) is 9.59 Å². The third kappa shape index (κ3) is 3.88. The number of thioether (sulfide) groups is 1. The molecule has 0 bridgehead atoms. The van der Waals surface area contributed by atoms with Gasteiger partial charge in [-0.25, -0.2) is 9.79 Å². The molecule has 0 spiro atoms. The van der Waals surface area contributed by atoms with Gasteiger partial charge < -0.3 is 9.80 Å². The van der Waals surface area contributed by atoms with Crippen LogP contribution < -0.4 is 5.32 Å². The first-order chi connectivity index (χ1) is 12.4. The second kappa shape index (κ2) is 7.72. The van der Waals surface area contributed by atoms with E-state index in [0.29, 0.717) is 11.6 Å². The lowest BCUT2D eigenvalue weighted by atomic mass is 10.1. The van der Waals surface area contributed by atoms with Crippen molar-refractivity contribution in [2.75, 3.05) is 13.6 Å². The molecular weight excluding hydrogens is 372 g/mol. The molecule has 3 rings (SSSR count). The number of hydrogen-bond donors (Lipinski definition) is 1. The lowest BCUT2D eigenvalue weighted by Crippen LogP contribution is -2.63. The van der Waals surface area contributed by atoms with E-state index in [-0.39, 0.29) is 5.91 Å². The standard InChI is InChI=1S/C18H21ClN4O2S/c1-11-4-6-13(7-5-11)10-26-18-20-15-14(23(18)9-8-12(2)19)16(24)21-17(25)22(15)3/h4-8,14-15H,9-10H2,1-3H3,(H,21,24,25)/b12-8-. The summed E-state index contributed by atoms with van der Waals surface area (Å²) < 4.78 is 0. The van der Waals surface area contributed by atoms with Gasteiger partial charge in [0.2, 0.25) is 0 Å². The molecule has 2 heterocycles. The van der Waals surface area contributed by atoms with Gasteiger partial charge in [-0.3, -0.25) is 10.1 Å². The van der Waals surface area contributed by atoms with Crippen molar-refractivity contribution >= 4 is 40.5 Å². The molecule has 138 valence electrons. The van der Waals surface area contributed by atoms with Crippen molar-refractivity contribution in [3.63, 3.8) is 0 Å². The third-order valence-corrected chi connectivity index (χ3v) is 5.61. The summed E-state index contributed by atoms with van der Waals surface area (Å²) in [7, 11) is 1.65. The Balaban J connectivity index is 1.82. The molecule has 2 aliphatic heterocycles. The first-order valence-electron chi connectivity index (χ1n) is 8.29. The molecule has 8 heteroatoms. The van der Waals surface area contributed by atoms with E-state index in [1.54, 1.807) is 25.7 Å². The van der Waals surface area contributed by atoms with E-state index in [1.165, 1.54) is 16.0 Å². The average Bonchev–Trinajstić information content (AvgIpc) is 2.96. The highest BCUT2D eigenvalue weighted by Crippen LogP contribution is 2.30. The zero-order valence-electron chi connectivity index (χ0n) is 14.9. The summed E-state index contributed by atoms with van der Waals surface area (Å²) in [5.74, 6) is 0.408. The van der Waals surface area contributed by atoms with Crippen LogP contribution in [-0.2, 0) is 10.5 Å². The number of carbonyl (C=O) groups excluding carboxylic acids is 2. The first kappa shape index (κ1) is 18.8. The van der Waals surface area contributed by atoms with Crippen LogP contribution in [0.1, 0.15) is 18.1 Å². The molecule has 0 aliphatic carbocycles. The Hall–Kier alpha value is -1.99. The summed E-state index contributed by atoms with van der Waals surface area (Å²) in [6, 6.07) is 7.35. The van der Waals surface area contributed by atoms with Gasteiger partial charge in [-0.05, 0) is 19.4 Å². The minimum Gasteiger partial charge on any atom is -0.332 e. The van der Waals surface area contributed by atoms with Crippen molar-refractivity contribution in [3.8, 4) is 0 Å². The van der Waals surface area contributed by atoms with Crippen molar-refractivity contribution in [1.29, 1.82) is 0 Å². The maximum Gasteiger partial charge on any atom is 0.325 e. The van der Waals surface area contributed by atoms with E-state index in [1.807, 2.05) is 11.0 Å². The van der Waals surface area contributed by atoms with Crippen molar-refractivity contribution in [1.82, 2.24) is 15.1 Å². The van der Waals surface area contributed by atoms with E-state index >= 15 is 0 Å². The highest BCUT2D eigenvalue weighted by molar-refractivity contribution is 8.13. The van der Waals surface area contributed by atoms with Gasteiger partial charge in [-0.15, -0.1) is 0 Å². The molecule has 0 radical (unpaired) electrons. The predicted molar refractivity (Wildman–Crippen MR) is 105 cm³/mol. The number of likely N-dealkylation sites (N-methyl/N-ethyl adjacent to an activating group) is 1. The Morgan fingerprint density at radius 3 is 2.69 bits per heavy atom. The van der Waals surface area contributed by atoms with Crippen molar-refractivity contribution in [2.45, 2.75) is 31.8 Å². The Morgan fingerprint density at radius 1 is 1.35 bits per heavy atom. The minimum absolute atomic E-state index is 0.326. The van der Waals surface area contributed by atoms with E-state index in [4.69, 9.17) is 11.6 Å². The highest BCUT2D eigenvalue weighted by atomic mass is 35.5. The highest BCUT2D eigenvalue weighted by Gasteiger charge is 2.48. The molecule has 0 saturated carbocycles. The molecule has 1 aromatic carbocycles. The second-order valence-corrected chi connectivity index (χ2v) is 7.93. The quantitative estimate of drug-likeness (QED) is 0.855. The molecule has 3 amide bonds. The SMILES string of the molecule is C/C(Cl)=C/CN1C(SCc2ccc(C)cc2)=NC2C1C(=O)NC(=O)N2C. The Morgan fingerprint density at radius 2 is 2.04 bits per heavy atom. The molecule has 1 N–H and O–H groups in total. The summed E-state index contributed by atoms with van der Waals surface area (Å²) in [4.78, 5) is 32.4. The van der Waals surface area contributed by atoms with Gasteiger partial charge in [0.15, 0.2) is 17.4 Å². The predicted octanol–water partition coefficient (Wildman–Crippen LogP) is 2.92. The van der Waals surface area contributed by atoms with Crippen LogP contribution in [0, 0.1) is 6.92 Å². The molecule has 1 fully saturated rings. The molecule has 0 aromatic heterocycles. The van der Waals surface area contributed by atoms with Gasteiger partial charge in [-0.1, -0.05) is 59.3 Å². The molecule has 2 unspecified atom stereocenters. The summed E-state index contributed by atoms with van der Waals surface area (Å²) in [5, 5.41) is 3.78. The van der Waals surface area contributed by atoms with Gasteiger partial charge in [0.25, 0.3) is 5.91 Å². The molecule has 2 aliphatic rings. The number of amidine groups is 1. The van der Waals surface area contributed by atoms with E-state index < -0.39 is 18.2 Å². The van der Waals surface area contributed by atoms with E-state index in [2.05, 4.69) is 41.5 Å². The number of carbonyl (C=O) groups is 2. The Kier molecular flexibility index (Phi) is 5.58. The van der Waals surface area contributed by atoms with Crippen LogP contribution in [0.2, 0.25) is 0 Å². The zero-order chi connectivity index (χ0) is 18.8. The van der Waals surface area contributed by atoms with Crippen molar-refractivity contribution in [2.24, 2.45) is 4.99 Å². The van der Waals surface area contributed by atoms with Crippen LogP contribution in [0.15, 0.2) is 40.4 Å². The van der Waals surface area contributed by atoms with Crippen LogP contribution in [0.4, 0.5) is 4.79 Å². The second-order valence-electron chi connectivity index (χ2n) is 6.39. The number of amides is 3. The van der Waals surface area contributed by atoms with Gasteiger partial charge in [-0.2, -0.15) is 0 Å². The van der Waals surface area contributed by atoms with E-state index in [0.717, 1.165) is 10.9 Å².